The maximum Gasteiger partial charge on any atom is 0.269 e. The lowest BCUT2D eigenvalue weighted by atomic mass is 10.1. The summed E-state index contributed by atoms with van der Waals surface area (Å²) in [5.74, 6) is -1.19. The Morgan fingerprint density at radius 3 is 2.79 bits per heavy atom. The van der Waals surface area contributed by atoms with Crippen LogP contribution in [-0.4, -0.2) is 18.0 Å². The summed E-state index contributed by atoms with van der Waals surface area (Å²) >= 11 is 8.58. The van der Waals surface area contributed by atoms with Gasteiger partial charge in [-0.2, -0.15) is 0 Å². The van der Waals surface area contributed by atoms with Crippen molar-refractivity contribution in [1.82, 2.24) is 4.98 Å². The van der Waals surface area contributed by atoms with E-state index in [0.717, 1.165) is 11.3 Å². The fourth-order valence-corrected chi connectivity index (χ4v) is 4.78. The molecule has 9 heteroatoms. The Kier molecular flexibility index (Phi) is 5.01. The Labute approximate surface area is 171 Å². The van der Waals surface area contributed by atoms with E-state index >= 15 is 0 Å². The van der Waals surface area contributed by atoms with Crippen LogP contribution in [0.15, 0.2) is 41.8 Å². The Morgan fingerprint density at radius 1 is 1.21 bits per heavy atom. The maximum atomic E-state index is 13.9. The number of rotatable bonds is 4. The van der Waals surface area contributed by atoms with E-state index in [2.05, 4.69) is 10.3 Å². The molecule has 0 saturated heterocycles. The molecule has 2 aromatic carbocycles. The van der Waals surface area contributed by atoms with Gasteiger partial charge in [-0.25, -0.2) is 13.8 Å². The number of benzene rings is 2. The number of hydrogen-bond acceptors (Lipinski definition) is 5. The van der Waals surface area contributed by atoms with E-state index < -0.39 is 17.5 Å². The number of carbonyl (C=O) groups excluding carboxylic acids is 1. The van der Waals surface area contributed by atoms with Gasteiger partial charge in [-0.1, -0.05) is 11.6 Å². The number of nitrogens with one attached hydrogen (secondary N) is 1. The van der Waals surface area contributed by atoms with Crippen molar-refractivity contribution in [1.29, 1.82) is 0 Å². The SMILES string of the molecule is COc1ccc(-c2csc(NC(=O)c3sc4cc(F)ccc4c3Cl)n2)cc1F. The second-order valence-electron chi connectivity index (χ2n) is 5.73. The van der Waals surface area contributed by atoms with Crippen LogP contribution < -0.4 is 10.1 Å². The molecule has 28 heavy (non-hydrogen) atoms. The quantitative estimate of drug-likeness (QED) is 0.413. The second kappa shape index (κ2) is 7.46. The molecule has 142 valence electrons. The van der Waals surface area contributed by atoms with Crippen LogP contribution in [0.4, 0.5) is 13.9 Å². The summed E-state index contributed by atoms with van der Waals surface area (Å²) in [5.41, 5.74) is 1.08. The van der Waals surface area contributed by atoms with Gasteiger partial charge in [0.1, 0.15) is 10.7 Å². The third kappa shape index (κ3) is 3.46. The lowest BCUT2D eigenvalue weighted by Gasteiger charge is -2.03. The van der Waals surface area contributed by atoms with E-state index in [4.69, 9.17) is 16.3 Å². The van der Waals surface area contributed by atoms with Crippen LogP contribution >= 0.6 is 34.3 Å². The normalized spacial score (nSPS) is 11.0. The summed E-state index contributed by atoms with van der Waals surface area (Å²) in [6, 6.07) is 8.68. The zero-order chi connectivity index (χ0) is 19.8. The molecule has 4 nitrogen and oxygen atoms in total. The smallest absolute Gasteiger partial charge is 0.269 e. The number of ether oxygens (including phenoxy) is 1. The molecule has 0 saturated carbocycles. The molecule has 0 aliphatic rings. The minimum atomic E-state index is -0.497. The van der Waals surface area contributed by atoms with Crippen LogP contribution in [0.25, 0.3) is 21.3 Å². The highest BCUT2D eigenvalue weighted by molar-refractivity contribution is 7.21. The molecular formula is C19H11ClF2N2O2S2. The Bertz CT molecular complexity index is 1210. The summed E-state index contributed by atoms with van der Waals surface area (Å²) in [6.07, 6.45) is 0. The number of halogens is 3. The van der Waals surface area contributed by atoms with Crippen LogP contribution in [0.3, 0.4) is 0 Å². The van der Waals surface area contributed by atoms with Gasteiger partial charge in [0.05, 0.1) is 17.8 Å². The number of fused-ring (bicyclic) bond motifs is 1. The standard InChI is InChI=1S/C19H11ClF2N2O2S2/c1-26-14-5-2-9(6-12(14)22)13-8-27-19(23-13)24-18(25)17-16(20)11-4-3-10(21)7-15(11)28-17/h2-8H,1H3,(H,23,24,25). The van der Waals surface area contributed by atoms with E-state index in [9.17, 15) is 13.6 Å². The number of nitrogens with zero attached hydrogens (tertiary/aromatic N) is 1. The molecule has 0 aliphatic carbocycles. The number of thiazole rings is 1. The van der Waals surface area contributed by atoms with Gasteiger partial charge in [-0.05, 0) is 36.4 Å². The van der Waals surface area contributed by atoms with E-state index in [0.29, 0.717) is 26.5 Å². The molecule has 2 heterocycles. The summed E-state index contributed by atoms with van der Waals surface area (Å²) in [5, 5.41) is 5.62. The largest absolute Gasteiger partial charge is 0.494 e. The summed E-state index contributed by atoms with van der Waals surface area (Å²) in [4.78, 5) is 17.2. The van der Waals surface area contributed by atoms with Gasteiger partial charge in [0, 0.05) is 21.0 Å². The topological polar surface area (TPSA) is 51.2 Å². The first-order chi connectivity index (χ1) is 13.5. The monoisotopic (exact) mass is 436 g/mol. The lowest BCUT2D eigenvalue weighted by molar-refractivity contribution is 0.103. The lowest BCUT2D eigenvalue weighted by Crippen LogP contribution is -2.10. The Morgan fingerprint density at radius 2 is 2.04 bits per heavy atom. The zero-order valence-corrected chi connectivity index (χ0v) is 16.6. The van der Waals surface area contributed by atoms with E-state index in [1.165, 1.54) is 42.7 Å². The number of methoxy groups -OCH3 is 1. The van der Waals surface area contributed by atoms with Crippen LogP contribution in [-0.2, 0) is 0 Å². The van der Waals surface area contributed by atoms with E-state index in [1.807, 2.05) is 0 Å². The highest BCUT2D eigenvalue weighted by Crippen LogP contribution is 2.36. The minimum Gasteiger partial charge on any atom is -0.494 e. The van der Waals surface area contributed by atoms with Gasteiger partial charge < -0.3 is 4.74 Å². The first kappa shape index (κ1) is 18.8. The molecule has 0 fully saturated rings. The number of aromatic nitrogens is 1. The van der Waals surface area contributed by atoms with E-state index in [1.54, 1.807) is 17.5 Å². The van der Waals surface area contributed by atoms with Gasteiger partial charge in [0.25, 0.3) is 5.91 Å². The summed E-state index contributed by atoms with van der Waals surface area (Å²) in [6.45, 7) is 0. The molecule has 0 atom stereocenters. The second-order valence-corrected chi connectivity index (χ2v) is 8.02. The predicted molar refractivity (Wildman–Crippen MR) is 109 cm³/mol. The number of anilines is 1. The molecule has 0 spiro atoms. The molecule has 1 amide bonds. The van der Waals surface area contributed by atoms with Crippen LogP contribution in [0, 0.1) is 11.6 Å². The number of hydrogen-bond donors (Lipinski definition) is 1. The van der Waals surface area contributed by atoms with Crippen molar-refractivity contribution in [2.24, 2.45) is 0 Å². The van der Waals surface area contributed by atoms with Crippen molar-refractivity contribution < 1.29 is 18.3 Å². The van der Waals surface area contributed by atoms with Crippen molar-refractivity contribution in [3.05, 3.63) is 63.3 Å². The van der Waals surface area contributed by atoms with Crippen molar-refractivity contribution in [2.45, 2.75) is 0 Å². The molecule has 4 rings (SSSR count). The van der Waals surface area contributed by atoms with Gasteiger partial charge in [-0.3, -0.25) is 10.1 Å². The average molecular weight is 437 g/mol. The van der Waals surface area contributed by atoms with Gasteiger partial charge >= 0.3 is 0 Å². The summed E-state index contributed by atoms with van der Waals surface area (Å²) in [7, 11) is 1.39. The number of amides is 1. The number of thiophene rings is 1. The molecule has 0 aliphatic heterocycles. The summed E-state index contributed by atoms with van der Waals surface area (Å²) < 4.78 is 32.8. The van der Waals surface area contributed by atoms with Crippen molar-refractivity contribution in [3.8, 4) is 17.0 Å². The van der Waals surface area contributed by atoms with Crippen LogP contribution in [0.2, 0.25) is 5.02 Å². The Balaban J connectivity index is 1.58. The molecular weight excluding hydrogens is 426 g/mol. The highest BCUT2D eigenvalue weighted by atomic mass is 35.5. The van der Waals surface area contributed by atoms with Crippen LogP contribution in [0.5, 0.6) is 5.75 Å². The molecule has 0 unspecified atom stereocenters. The molecule has 0 bridgehead atoms. The van der Waals surface area contributed by atoms with Gasteiger partial charge in [0.2, 0.25) is 0 Å². The van der Waals surface area contributed by atoms with E-state index in [-0.39, 0.29) is 15.6 Å². The first-order valence-corrected chi connectivity index (χ1v) is 10.0. The molecule has 2 aromatic heterocycles. The van der Waals surface area contributed by atoms with Crippen molar-refractivity contribution in [3.63, 3.8) is 0 Å². The molecule has 1 N–H and O–H groups in total. The highest BCUT2D eigenvalue weighted by Gasteiger charge is 2.19. The van der Waals surface area contributed by atoms with Crippen LogP contribution in [0.1, 0.15) is 9.67 Å². The number of carbonyl (C=O) groups is 1. The fourth-order valence-electron chi connectivity index (χ4n) is 2.63. The Hall–Kier alpha value is -2.55. The minimum absolute atomic E-state index is 0.142. The van der Waals surface area contributed by atoms with Crippen molar-refractivity contribution in [2.75, 3.05) is 12.4 Å². The third-order valence-corrected chi connectivity index (χ3v) is 6.38. The van der Waals surface area contributed by atoms with Gasteiger partial charge in [-0.15, -0.1) is 22.7 Å². The van der Waals surface area contributed by atoms with Crippen molar-refractivity contribution >= 4 is 55.4 Å². The average Bonchev–Trinajstić information content (AvgIpc) is 3.26. The fraction of sp³-hybridized carbons (Fsp3) is 0.0526. The first-order valence-electron chi connectivity index (χ1n) is 7.94. The molecule has 4 aromatic rings. The predicted octanol–water partition coefficient (Wildman–Crippen LogP) is 6.22. The maximum absolute atomic E-state index is 13.9. The zero-order valence-electron chi connectivity index (χ0n) is 14.3. The third-order valence-electron chi connectivity index (χ3n) is 3.97. The molecule has 0 radical (unpaired) electrons. The van der Waals surface area contributed by atoms with Gasteiger partial charge in [0.15, 0.2) is 16.7 Å².